The summed E-state index contributed by atoms with van der Waals surface area (Å²) in [5, 5.41) is 19.8. The van der Waals surface area contributed by atoms with E-state index in [4.69, 9.17) is 4.74 Å². The van der Waals surface area contributed by atoms with Crippen LogP contribution in [-0.2, 0) is 5.75 Å². The van der Waals surface area contributed by atoms with Gasteiger partial charge in [-0.05, 0) is 33.8 Å². The fraction of sp³-hybridized carbons (Fsp3) is 0.467. The Labute approximate surface area is 139 Å². The zero-order valence-electron chi connectivity index (χ0n) is 13.6. The van der Waals surface area contributed by atoms with Crippen molar-refractivity contribution < 1.29 is 9.66 Å². The molecule has 0 radical (unpaired) electrons. The molecule has 124 valence electrons. The van der Waals surface area contributed by atoms with Gasteiger partial charge in [0.1, 0.15) is 12.1 Å². The van der Waals surface area contributed by atoms with Crippen LogP contribution < -0.4 is 4.74 Å². The second kappa shape index (κ2) is 7.45. The summed E-state index contributed by atoms with van der Waals surface area (Å²) in [7, 11) is 0. The number of aromatic nitrogens is 3. The lowest BCUT2D eigenvalue weighted by molar-refractivity contribution is -0.384. The maximum absolute atomic E-state index is 11.0. The number of rotatable bonds is 7. The molecule has 0 spiro atoms. The highest BCUT2D eigenvalue weighted by Gasteiger charge is 2.15. The lowest BCUT2D eigenvalue weighted by Gasteiger charge is -2.14. The van der Waals surface area contributed by atoms with Crippen LogP contribution in [0.15, 0.2) is 29.7 Å². The van der Waals surface area contributed by atoms with Gasteiger partial charge in [-0.2, -0.15) is 0 Å². The zero-order valence-corrected chi connectivity index (χ0v) is 14.4. The first-order valence-corrected chi connectivity index (χ1v) is 8.33. The van der Waals surface area contributed by atoms with Gasteiger partial charge in [-0.3, -0.25) is 10.1 Å². The molecule has 7 nitrogen and oxygen atoms in total. The predicted octanol–water partition coefficient (Wildman–Crippen LogP) is 3.85. The third kappa shape index (κ3) is 4.44. The summed E-state index contributed by atoms with van der Waals surface area (Å²) in [6.07, 6.45) is 1.69. The topological polar surface area (TPSA) is 83.1 Å². The predicted molar refractivity (Wildman–Crippen MR) is 88.8 cm³/mol. The summed E-state index contributed by atoms with van der Waals surface area (Å²) < 4.78 is 7.71. The number of ether oxygens (including phenoxy) is 1. The molecule has 0 fully saturated rings. The van der Waals surface area contributed by atoms with Crippen LogP contribution in [0.25, 0.3) is 0 Å². The summed E-state index contributed by atoms with van der Waals surface area (Å²) in [5.41, 5.74) is 0.832. The largest absolute Gasteiger partial charge is 0.491 e. The second-order valence-electron chi connectivity index (χ2n) is 5.62. The summed E-state index contributed by atoms with van der Waals surface area (Å²) >= 11 is 1.48. The summed E-state index contributed by atoms with van der Waals surface area (Å²) in [4.78, 5) is 10.6. The van der Waals surface area contributed by atoms with Gasteiger partial charge in [-0.15, -0.1) is 10.2 Å². The third-order valence-corrected chi connectivity index (χ3v) is 4.08. The first kappa shape index (κ1) is 17.3. The minimum absolute atomic E-state index is 0.000442. The third-order valence-electron chi connectivity index (χ3n) is 3.07. The number of non-ortho nitro benzene ring substituents is 1. The van der Waals surface area contributed by atoms with Crippen molar-refractivity contribution in [3.8, 4) is 5.75 Å². The summed E-state index contributed by atoms with van der Waals surface area (Å²) in [6.45, 7) is 7.95. The molecule has 0 aliphatic rings. The van der Waals surface area contributed by atoms with Crippen LogP contribution in [0.3, 0.4) is 0 Å². The fourth-order valence-corrected chi connectivity index (χ4v) is 3.02. The Hall–Kier alpha value is -2.09. The van der Waals surface area contributed by atoms with Crippen molar-refractivity contribution in [2.75, 3.05) is 0 Å². The second-order valence-corrected chi connectivity index (χ2v) is 6.56. The molecule has 8 heteroatoms. The van der Waals surface area contributed by atoms with E-state index < -0.39 is 4.92 Å². The Morgan fingerprint density at radius 2 is 2.09 bits per heavy atom. The van der Waals surface area contributed by atoms with E-state index in [0.717, 1.165) is 10.7 Å². The minimum Gasteiger partial charge on any atom is -0.491 e. The number of hydrogen-bond acceptors (Lipinski definition) is 6. The van der Waals surface area contributed by atoms with Crippen molar-refractivity contribution >= 4 is 17.4 Å². The highest BCUT2D eigenvalue weighted by molar-refractivity contribution is 7.98. The van der Waals surface area contributed by atoms with Gasteiger partial charge in [0.25, 0.3) is 5.69 Å². The minimum atomic E-state index is -0.399. The first-order valence-electron chi connectivity index (χ1n) is 7.34. The molecule has 1 aromatic carbocycles. The van der Waals surface area contributed by atoms with Crippen LogP contribution >= 0.6 is 11.8 Å². The normalized spacial score (nSPS) is 11.2. The van der Waals surface area contributed by atoms with Gasteiger partial charge in [0.05, 0.1) is 11.0 Å². The standard InChI is InChI=1S/C15H20N4O3S/c1-10(2)18-9-16-17-15(18)23-8-12-7-13(19(20)21)5-6-14(12)22-11(3)4/h5-7,9-11H,8H2,1-4H3. The van der Waals surface area contributed by atoms with Gasteiger partial charge in [-0.1, -0.05) is 11.8 Å². The molecule has 2 rings (SSSR count). The Morgan fingerprint density at radius 3 is 2.70 bits per heavy atom. The Balaban J connectivity index is 2.23. The molecular weight excluding hydrogens is 316 g/mol. The highest BCUT2D eigenvalue weighted by atomic mass is 32.2. The molecule has 23 heavy (non-hydrogen) atoms. The molecule has 0 atom stereocenters. The Morgan fingerprint density at radius 1 is 1.35 bits per heavy atom. The molecule has 0 amide bonds. The molecule has 0 saturated heterocycles. The Bertz CT molecular complexity index is 685. The van der Waals surface area contributed by atoms with Gasteiger partial charge in [0, 0.05) is 29.5 Å². The van der Waals surface area contributed by atoms with Crippen LogP contribution in [-0.4, -0.2) is 25.8 Å². The Kier molecular flexibility index (Phi) is 5.59. The van der Waals surface area contributed by atoms with E-state index >= 15 is 0 Å². The zero-order chi connectivity index (χ0) is 17.0. The van der Waals surface area contributed by atoms with Gasteiger partial charge in [0.2, 0.25) is 0 Å². The van der Waals surface area contributed by atoms with E-state index in [-0.39, 0.29) is 17.8 Å². The number of hydrogen-bond donors (Lipinski definition) is 0. The first-order chi connectivity index (χ1) is 10.9. The van der Waals surface area contributed by atoms with Gasteiger partial charge in [-0.25, -0.2) is 0 Å². The molecule has 0 saturated carbocycles. The molecule has 1 heterocycles. The average Bonchev–Trinajstić information content (AvgIpc) is 2.94. The smallest absolute Gasteiger partial charge is 0.270 e. The lowest BCUT2D eigenvalue weighted by atomic mass is 10.2. The van der Waals surface area contributed by atoms with Crippen molar-refractivity contribution in [3.63, 3.8) is 0 Å². The molecule has 1 aromatic heterocycles. The summed E-state index contributed by atoms with van der Waals surface area (Å²) in [5.74, 6) is 1.18. The maximum Gasteiger partial charge on any atom is 0.270 e. The lowest BCUT2D eigenvalue weighted by Crippen LogP contribution is -2.08. The monoisotopic (exact) mass is 336 g/mol. The van der Waals surface area contributed by atoms with Crippen LogP contribution in [0.1, 0.15) is 39.3 Å². The number of nitro groups is 1. The number of nitro benzene ring substituents is 1. The van der Waals surface area contributed by atoms with Crippen molar-refractivity contribution in [3.05, 3.63) is 40.2 Å². The van der Waals surface area contributed by atoms with E-state index in [0.29, 0.717) is 11.5 Å². The van der Waals surface area contributed by atoms with E-state index in [1.54, 1.807) is 18.5 Å². The molecule has 0 unspecified atom stereocenters. The highest BCUT2D eigenvalue weighted by Crippen LogP contribution is 2.31. The van der Waals surface area contributed by atoms with Crippen LogP contribution in [0.5, 0.6) is 5.75 Å². The maximum atomic E-state index is 11.0. The molecule has 0 bridgehead atoms. The molecule has 0 aliphatic heterocycles. The SMILES string of the molecule is CC(C)Oc1ccc([N+](=O)[O-])cc1CSc1nncn1C(C)C. The number of nitrogens with zero attached hydrogens (tertiary/aromatic N) is 4. The fourth-order valence-electron chi connectivity index (χ4n) is 1.99. The van der Waals surface area contributed by atoms with E-state index in [1.807, 2.05) is 32.3 Å². The van der Waals surface area contributed by atoms with Crippen molar-refractivity contribution in [2.24, 2.45) is 0 Å². The van der Waals surface area contributed by atoms with Crippen molar-refractivity contribution in [2.45, 2.75) is 50.8 Å². The van der Waals surface area contributed by atoms with E-state index in [9.17, 15) is 10.1 Å². The van der Waals surface area contributed by atoms with Gasteiger partial charge in [0.15, 0.2) is 5.16 Å². The summed E-state index contributed by atoms with van der Waals surface area (Å²) in [6, 6.07) is 4.92. The van der Waals surface area contributed by atoms with E-state index in [1.165, 1.54) is 17.8 Å². The van der Waals surface area contributed by atoms with Crippen LogP contribution in [0, 0.1) is 10.1 Å². The quantitative estimate of drug-likeness (QED) is 0.434. The molecule has 0 N–H and O–H groups in total. The molecular formula is C15H20N4O3S. The van der Waals surface area contributed by atoms with Crippen LogP contribution in [0.2, 0.25) is 0 Å². The molecule has 2 aromatic rings. The van der Waals surface area contributed by atoms with Crippen molar-refractivity contribution in [1.82, 2.24) is 14.8 Å². The molecule has 0 aliphatic carbocycles. The number of thioether (sulfide) groups is 1. The number of benzene rings is 1. The average molecular weight is 336 g/mol. The van der Waals surface area contributed by atoms with E-state index in [2.05, 4.69) is 10.2 Å². The van der Waals surface area contributed by atoms with Crippen molar-refractivity contribution in [1.29, 1.82) is 0 Å². The van der Waals surface area contributed by atoms with Gasteiger partial charge < -0.3 is 9.30 Å². The van der Waals surface area contributed by atoms with Gasteiger partial charge >= 0.3 is 0 Å². The van der Waals surface area contributed by atoms with Crippen LogP contribution in [0.4, 0.5) is 5.69 Å².